The first-order valence-corrected chi connectivity index (χ1v) is 9.10. The summed E-state index contributed by atoms with van der Waals surface area (Å²) in [5.41, 5.74) is 1.65. The van der Waals surface area contributed by atoms with Gasteiger partial charge < -0.3 is 15.0 Å². The summed E-state index contributed by atoms with van der Waals surface area (Å²) in [5, 5.41) is 13.8. The van der Waals surface area contributed by atoms with Gasteiger partial charge in [-0.25, -0.2) is 0 Å². The highest BCUT2D eigenvalue weighted by molar-refractivity contribution is 5.94. The molecule has 0 spiro atoms. The lowest BCUT2D eigenvalue weighted by atomic mass is 10.1. The topological polar surface area (TPSA) is 84.7 Å². The van der Waals surface area contributed by atoms with Crippen molar-refractivity contribution >= 4 is 23.0 Å². The van der Waals surface area contributed by atoms with E-state index in [0.717, 1.165) is 18.8 Å². The average molecular weight is 369 g/mol. The number of amides is 1. The van der Waals surface area contributed by atoms with E-state index in [1.54, 1.807) is 19.1 Å². The molecule has 1 aliphatic heterocycles. The largest absolute Gasteiger partial charge is 0.474 e. The molecular formula is C20H23N3O4. The van der Waals surface area contributed by atoms with Gasteiger partial charge in [-0.3, -0.25) is 14.9 Å². The Kier molecular flexibility index (Phi) is 5.90. The zero-order valence-electron chi connectivity index (χ0n) is 15.3. The Balaban J connectivity index is 1.60. The molecule has 0 bridgehead atoms. The summed E-state index contributed by atoms with van der Waals surface area (Å²) in [4.78, 5) is 25.2. The van der Waals surface area contributed by atoms with Crippen molar-refractivity contribution in [3.05, 3.63) is 58.6 Å². The maximum atomic E-state index is 12.4. The van der Waals surface area contributed by atoms with Crippen molar-refractivity contribution in [2.45, 2.75) is 32.3 Å². The van der Waals surface area contributed by atoms with Crippen molar-refractivity contribution in [2.24, 2.45) is 0 Å². The summed E-state index contributed by atoms with van der Waals surface area (Å²) >= 11 is 0. The van der Waals surface area contributed by atoms with E-state index in [2.05, 4.69) is 10.2 Å². The van der Waals surface area contributed by atoms with Crippen LogP contribution in [0.25, 0.3) is 0 Å². The van der Waals surface area contributed by atoms with Gasteiger partial charge in [-0.15, -0.1) is 0 Å². The molecule has 2 aromatic rings. The van der Waals surface area contributed by atoms with E-state index >= 15 is 0 Å². The van der Waals surface area contributed by atoms with Crippen LogP contribution in [-0.2, 0) is 4.79 Å². The lowest BCUT2D eigenvalue weighted by Gasteiger charge is -2.28. The third kappa shape index (κ3) is 4.75. The van der Waals surface area contributed by atoms with Crippen molar-refractivity contribution in [2.75, 3.05) is 23.3 Å². The summed E-state index contributed by atoms with van der Waals surface area (Å²) in [5.74, 6) is -0.288. The highest BCUT2D eigenvalue weighted by Crippen LogP contribution is 2.27. The van der Waals surface area contributed by atoms with Gasteiger partial charge in [0.15, 0.2) is 11.9 Å². The molecule has 1 heterocycles. The van der Waals surface area contributed by atoms with Crippen LogP contribution in [-0.4, -0.2) is 30.0 Å². The van der Waals surface area contributed by atoms with Gasteiger partial charge in [-0.05, 0) is 56.5 Å². The number of rotatable bonds is 6. The number of anilines is 2. The number of carbonyl (C=O) groups excluding carboxylic acids is 1. The van der Waals surface area contributed by atoms with Gasteiger partial charge in [-0.1, -0.05) is 12.1 Å². The number of benzene rings is 2. The molecule has 2 aromatic carbocycles. The summed E-state index contributed by atoms with van der Waals surface area (Å²) in [6, 6.07) is 13.7. The van der Waals surface area contributed by atoms with E-state index in [1.807, 2.05) is 24.3 Å². The monoisotopic (exact) mass is 369 g/mol. The normalized spacial score (nSPS) is 15.1. The van der Waals surface area contributed by atoms with Crippen LogP contribution in [0.2, 0.25) is 0 Å². The molecular weight excluding hydrogens is 346 g/mol. The Morgan fingerprint density at radius 3 is 2.44 bits per heavy atom. The maximum Gasteiger partial charge on any atom is 0.310 e. The van der Waals surface area contributed by atoms with Crippen LogP contribution in [0, 0.1) is 10.1 Å². The predicted molar refractivity (Wildman–Crippen MR) is 104 cm³/mol. The molecule has 7 heteroatoms. The molecule has 1 aliphatic rings. The van der Waals surface area contributed by atoms with Gasteiger partial charge >= 0.3 is 5.69 Å². The third-order valence-electron chi connectivity index (χ3n) is 4.59. The first-order chi connectivity index (χ1) is 13.0. The maximum absolute atomic E-state index is 12.4. The smallest absolute Gasteiger partial charge is 0.310 e. The van der Waals surface area contributed by atoms with Crippen LogP contribution >= 0.6 is 0 Å². The average Bonchev–Trinajstić information content (AvgIpc) is 2.69. The second-order valence-corrected chi connectivity index (χ2v) is 6.57. The second kappa shape index (κ2) is 8.53. The van der Waals surface area contributed by atoms with E-state index in [4.69, 9.17) is 4.74 Å². The van der Waals surface area contributed by atoms with Gasteiger partial charge in [0.05, 0.1) is 4.92 Å². The zero-order chi connectivity index (χ0) is 19.2. The quantitative estimate of drug-likeness (QED) is 0.615. The molecule has 7 nitrogen and oxygen atoms in total. The summed E-state index contributed by atoms with van der Waals surface area (Å²) in [6.07, 6.45) is 2.83. The predicted octanol–water partition coefficient (Wildman–Crippen LogP) is 3.99. The molecule has 0 radical (unpaired) electrons. The van der Waals surface area contributed by atoms with E-state index < -0.39 is 11.0 Å². The molecule has 0 aromatic heterocycles. The van der Waals surface area contributed by atoms with E-state index in [-0.39, 0.29) is 17.3 Å². The molecule has 3 rings (SSSR count). The minimum Gasteiger partial charge on any atom is -0.474 e. The van der Waals surface area contributed by atoms with Crippen LogP contribution in [0.15, 0.2) is 48.5 Å². The van der Waals surface area contributed by atoms with Crippen LogP contribution in [0.3, 0.4) is 0 Å². The minimum atomic E-state index is -0.868. The Bertz CT molecular complexity index is 801. The molecule has 1 atom stereocenters. The van der Waals surface area contributed by atoms with Crippen LogP contribution in [0.5, 0.6) is 5.75 Å². The fourth-order valence-corrected chi connectivity index (χ4v) is 3.10. The summed E-state index contributed by atoms with van der Waals surface area (Å²) < 4.78 is 5.50. The number of nitro groups is 1. The van der Waals surface area contributed by atoms with Gasteiger partial charge in [-0.2, -0.15) is 0 Å². The van der Waals surface area contributed by atoms with Crippen molar-refractivity contribution in [1.82, 2.24) is 0 Å². The van der Waals surface area contributed by atoms with Crippen molar-refractivity contribution in [3.63, 3.8) is 0 Å². The second-order valence-electron chi connectivity index (χ2n) is 6.57. The standard InChI is InChI=1S/C20H23N3O4/c1-15(27-19-8-4-3-7-18(19)23(25)26)20(24)21-16-9-11-17(12-10-16)22-13-5-2-6-14-22/h3-4,7-12,15H,2,5-6,13-14H2,1H3,(H,21,24). The molecule has 1 amide bonds. The summed E-state index contributed by atoms with van der Waals surface area (Å²) in [7, 11) is 0. The van der Waals surface area contributed by atoms with Crippen molar-refractivity contribution in [3.8, 4) is 5.75 Å². The SMILES string of the molecule is CC(Oc1ccccc1[N+](=O)[O-])C(=O)Nc1ccc(N2CCCCC2)cc1. The molecule has 1 unspecified atom stereocenters. The van der Waals surface area contributed by atoms with Crippen LogP contribution in [0.4, 0.5) is 17.1 Å². The molecule has 27 heavy (non-hydrogen) atoms. The van der Waals surface area contributed by atoms with Gasteiger partial charge in [0.1, 0.15) is 0 Å². The Morgan fingerprint density at radius 1 is 1.11 bits per heavy atom. The fraction of sp³-hybridized carbons (Fsp3) is 0.350. The minimum absolute atomic E-state index is 0.0746. The van der Waals surface area contributed by atoms with Crippen LogP contribution in [0.1, 0.15) is 26.2 Å². The summed E-state index contributed by atoms with van der Waals surface area (Å²) in [6.45, 7) is 3.69. The first-order valence-electron chi connectivity index (χ1n) is 9.10. The van der Waals surface area contributed by atoms with E-state index in [0.29, 0.717) is 5.69 Å². The van der Waals surface area contributed by atoms with Gasteiger partial charge in [0, 0.05) is 30.5 Å². The lowest BCUT2D eigenvalue weighted by Crippen LogP contribution is -2.30. The lowest BCUT2D eigenvalue weighted by molar-refractivity contribution is -0.386. The number of ether oxygens (including phenoxy) is 1. The van der Waals surface area contributed by atoms with E-state index in [9.17, 15) is 14.9 Å². The zero-order valence-corrected chi connectivity index (χ0v) is 15.3. The molecule has 1 N–H and O–H groups in total. The van der Waals surface area contributed by atoms with E-state index in [1.165, 1.54) is 31.4 Å². The highest BCUT2D eigenvalue weighted by atomic mass is 16.6. The third-order valence-corrected chi connectivity index (χ3v) is 4.59. The number of nitrogens with zero attached hydrogens (tertiary/aromatic N) is 2. The van der Waals surface area contributed by atoms with Crippen molar-refractivity contribution in [1.29, 1.82) is 0 Å². The van der Waals surface area contributed by atoms with Crippen LogP contribution < -0.4 is 15.0 Å². The number of piperidine rings is 1. The molecule has 142 valence electrons. The fourth-order valence-electron chi connectivity index (χ4n) is 3.10. The number of hydrogen-bond acceptors (Lipinski definition) is 5. The Morgan fingerprint density at radius 2 is 1.78 bits per heavy atom. The van der Waals surface area contributed by atoms with Crippen molar-refractivity contribution < 1.29 is 14.5 Å². The number of nitro benzene ring substituents is 1. The first kappa shape index (κ1) is 18.7. The number of carbonyl (C=O) groups is 1. The Labute approximate surface area is 158 Å². The van der Waals surface area contributed by atoms with Gasteiger partial charge in [0.25, 0.3) is 5.91 Å². The molecule has 0 aliphatic carbocycles. The molecule has 1 fully saturated rings. The molecule has 0 saturated carbocycles. The Hall–Kier alpha value is -3.09. The molecule has 1 saturated heterocycles. The highest BCUT2D eigenvalue weighted by Gasteiger charge is 2.21. The number of para-hydroxylation sites is 2. The number of nitrogens with one attached hydrogen (secondary N) is 1. The number of hydrogen-bond donors (Lipinski definition) is 1. The van der Waals surface area contributed by atoms with Gasteiger partial charge in [0.2, 0.25) is 0 Å².